The van der Waals surface area contributed by atoms with Crippen molar-refractivity contribution < 1.29 is 22.7 Å². The highest BCUT2D eigenvalue weighted by Gasteiger charge is 2.25. The number of hydrazine groups is 1. The molecule has 1 heterocycles. The van der Waals surface area contributed by atoms with Crippen LogP contribution >= 0.6 is 0 Å². The lowest BCUT2D eigenvalue weighted by Gasteiger charge is -2.23. The van der Waals surface area contributed by atoms with Gasteiger partial charge in [0.2, 0.25) is 0 Å². The number of nitrogens with one attached hydrogen (secondary N) is 1. The largest absolute Gasteiger partial charge is 0.495 e. The van der Waals surface area contributed by atoms with E-state index in [9.17, 15) is 18.0 Å². The first-order chi connectivity index (χ1) is 19.2. The molecular formula is C29H38F3N7O2. The number of likely N-dealkylation sites (N-methyl/N-ethyl adjacent to an activating group) is 2. The Morgan fingerprint density at radius 3 is 2.46 bits per heavy atom. The average Bonchev–Trinajstić information content (AvgIpc) is 2.92. The predicted octanol–water partition coefficient (Wildman–Crippen LogP) is 4.17. The molecule has 2 aromatic rings. The maximum atomic E-state index is 13.2. The summed E-state index contributed by atoms with van der Waals surface area (Å²) in [5.41, 5.74) is 8.99. The summed E-state index contributed by atoms with van der Waals surface area (Å²) in [7, 11) is 7.14. The predicted molar refractivity (Wildman–Crippen MR) is 156 cm³/mol. The number of carbonyl (C=O) groups is 1. The number of aryl methyl sites for hydroxylation is 1. The number of amides is 1. The van der Waals surface area contributed by atoms with E-state index in [0.29, 0.717) is 41.5 Å². The first kappa shape index (κ1) is 32.9. The van der Waals surface area contributed by atoms with Crippen LogP contribution < -0.4 is 26.6 Å². The summed E-state index contributed by atoms with van der Waals surface area (Å²) >= 11 is 0. The quantitative estimate of drug-likeness (QED) is 0.186. The maximum absolute atomic E-state index is 13.2. The van der Waals surface area contributed by atoms with Crippen molar-refractivity contribution in [2.45, 2.75) is 19.5 Å². The Morgan fingerprint density at radius 1 is 1.15 bits per heavy atom. The van der Waals surface area contributed by atoms with Crippen LogP contribution in [0.4, 0.5) is 18.9 Å². The van der Waals surface area contributed by atoms with Crippen LogP contribution in [0.3, 0.4) is 0 Å². The highest BCUT2D eigenvalue weighted by atomic mass is 19.4. The van der Waals surface area contributed by atoms with E-state index in [1.54, 1.807) is 38.4 Å². The number of aromatic nitrogens is 1. The minimum absolute atomic E-state index is 0.0136. The fraction of sp³-hybridized carbons (Fsp3) is 0.310. The number of pyridine rings is 1. The zero-order valence-electron chi connectivity index (χ0n) is 24.0. The molecule has 12 heteroatoms. The van der Waals surface area contributed by atoms with E-state index in [-0.39, 0.29) is 11.3 Å². The number of methoxy groups -OCH3 is 1. The van der Waals surface area contributed by atoms with Crippen LogP contribution in [0.1, 0.15) is 27.9 Å². The molecule has 1 aromatic heterocycles. The molecule has 0 atom stereocenters. The van der Waals surface area contributed by atoms with Gasteiger partial charge in [0.15, 0.2) is 0 Å². The number of rotatable bonds is 13. The van der Waals surface area contributed by atoms with E-state index < -0.39 is 18.5 Å². The van der Waals surface area contributed by atoms with E-state index in [1.165, 1.54) is 42.7 Å². The molecule has 0 saturated carbocycles. The molecule has 0 unspecified atom stereocenters. The summed E-state index contributed by atoms with van der Waals surface area (Å²) in [5, 5.41) is 3.86. The number of benzene rings is 1. The molecule has 0 aliphatic carbocycles. The third-order valence-electron chi connectivity index (χ3n) is 5.96. The van der Waals surface area contributed by atoms with Crippen LogP contribution in [0.2, 0.25) is 0 Å². The second-order valence-corrected chi connectivity index (χ2v) is 9.54. The number of ether oxygens (including phenoxy) is 1. The summed E-state index contributed by atoms with van der Waals surface area (Å²) < 4.78 is 44.4. The molecule has 0 bridgehead atoms. The molecule has 9 nitrogen and oxygen atoms in total. The van der Waals surface area contributed by atoms with Gasteiger partial charge >= 0.3 is 6.18 Å². The number of alkyl halides is 3. The van der Waals surface area contributed by atoms with Crippen molar-refractivity contribution in [2.75, 3.05) is 46.4 Å². The molecule has 1 aromatic carbocycles. The van der Waals surface area contributed by atoms with Crippen molar-refractivity contribution in [3.8, 4) is 5.75 Å². The summed E-state index contributed by atoms with van der Waals surface area (Å²) in [6, 6.07) is 6.46. The molecular weight excluding hydrogens is 535 g/mol. The maximum Gasteiger partial charge on any atom is 0.392 e. The molecule has 0 saturated heterocycles. The molecule has 0 fully saturated rings. The third kappa shape index (κ3) is 10.7. The average molecular weight is 574 g/mol. The summed E-state index contributed by atoms with van der Waals surface area (Å²) in [6.45, 7) is 6.88. The third-order valence-corrected chi connectivity index (χ3v) is 5.96. The lowest BCUT2D eigenvalue weighted by atomic mass is 10.1. The van der Waals surface area contributed by atoms with Crippen molar-refractivity contribution in [2.24, 2.45) is 11.6 Å². The van der Waals surface area contributed by atoms with E-state index in [4.69, 9.17) is 16.3 Å². The van der Waals surface area contributed by atoms with Gasteiger partial charge in [-0.15, -0.1) is 0 Å². The second-order valence-electron chi connectivity index (χ2n) is 9.54. The van der Waals surface area contributed by atoms with Crippen LogP contribution in [-0.4, -0.2) is 68.2 Å². The van der Waals surface area contributed by atoms with Crippen LogP contribution in [0.25, 0.3) is 5.70 Å². The Bertz CT molecular complexity index is 1300. The van der Waals surface area contributed by atoms with Crippen molar-refractivity contribution >= 4 is 17.3 Å². The van der Waals surface area contributed by atoms with Gasteiger partial charge < -0.3 is 25.6 Å². The topological polar surface area (TPSA) is 113 Å². The smallest absolute Gasteiger partial charge is 0.392 e. The van der Waals surface area contributed by atoms with Crippen LogP contribution in [-0.2, 0) is 0 Å². The van der Waals surface area contributed by atoms with Gasteiger partial charge in [-0.3, -0.25) is 14.8 Å². The van der Waals surface area contributed by atoms with Crippen molar-refractivity contribution in [1.82, 2.24) is 20.1 Å². The number of halogens is 3. The minimum Gasteiger partial charge on any atom is -0.495 e. The first-order valence-electron chi connectivity index (χ1n) is 12.6. The molecule has 0 aliphatic heterocycles. The summed E-state index contributed by atoms with van der Waals surface area (Å²) in [4.78, 5) is 21.1. The number of anilines is 1. The van der Waals surface area contributed by atoms with E-state index in [2.05, 4.69) is 16.9 Å². The molecule has 0 spiro atoms. The first-order valence-corrected chi connectivity index (χ1v) is 12.6. The van der Waals surface area contributed by atoms with Gasteiger partial charge in [-0.2, -0.15) is 13.2 Å². The summed E-state index contributed by atoms with van der Waals surface area (Å²) in [5.74, 6) is 6.17. The number of hydrogen-bond acceptors (Lipinski definition) is 8. The summed E-state index contributed by atoms with van der Waals surface area (Å²) in [6.07, 6.45) is 2.80. The molecule has 0 aliphatic rings. The standard InChI is InChI=1S/C29H38F3N7O2/c1-7-24(38(5)13-12-37(3)4)16-23(10-11-29(30,31)32)36-28(40)21-9-8-20(2)27(15-21)39(34)19-26(33)22-14-25(41-6)18-35-17-22/h7-10,14-19H,1,11-13,33-34H2,2-6H3,(H,36,40)/b23-10+,24-16+,26-19-. The number of hydrogen-bond donors (Lipinski definition) is 3. The fourth-order valence-electron chi connectivity index (χ4n) is 3.55. The lowest BCUT2D eigenvalue weighted by Crippen LogP contribution is -2.29. The van der Waals surface area contributed by atoms with Gasteiger partial charge in [0.1, 0.15) is 5.75 Å². The molecule has 1 amide bonds. The normalized spacial score (nSPS) is 12.8. The Labute approximate surface area is 239 Å². The molecule has 5 N–H and O–H groups in total. The lowest BCUT2D eigenvalue weighted by molar-refractivity contribution is -0.125. The number of carbonyl (C=O) groups excluding carboxylic acids is 1. The Kier molecular flexibility index (Phi) is 12.0. The van der Waals surface area contributed by atoms with E-state index in [1.807, 2.05) is 23.9 Å². The van der Waals surface area contributed by atoms with E-state index >= 15 is 0 Å². The minimum atomic E-state index is -4.45. The molecule has 41 heavy (non-hydrogen) atoms. The molecule has 222 valence electrons. The molecule has 0 radical (unpaired) electrons. The zero-order valence-corrected chi connectivity index (χ0v) is 24.0. The van der Waals surface area contributed by atoms with Crippen molar-refractivity contribution in [3.63, 3.8) is 0 Å². The number of allylic oxidation sites excluding steroid dienone is 3. The zero-order chi connectivity index (χ0) is 30.7. The second kappa shape index (κ2) is 14.9. The van der Waals surface area contributed by atoms with Gasteiger partial charge in [-0.25, -0.2) is 5.84 Å². The van der Waals surface area contributed by atoms with Gasteiger partial charge in [-0.05, 0) is 56.9 Å². The van der Waals surface area contributed by atoms with Crippen LogP contribution in [0.5, 0.6) is 5.75 Å². The highest BCUT2D eigenvalue weighted by Crippen LogP contribution is 2.24. The number of nitrogens with two attached hydrogens (primary N) is 2. The monoisotopic (exact) mass is 573 g/mol. The highest BCUT2D eigenvalue weighted by molar-refractivity contribution is 5.96. The van der Waals surface area contributed by atoms with Gasteiger partial charge in [0.25, 0.3) is 5.91 Å². The van der Waals surface area contributed by atoms with E-state index in [0.717, 1.165) is 11.6 Å². The van der Waals surface area contributed by atoms with Crippen molar-refractivity contribution in [1.29, 1.82) is 0 Å². The Morgan fingerprint density at radius 2 is 1.85 bits per heavy atom. The Hall–Kier alpha value is -4.29. The van der Waals surface area contributed by atoms with Gasteiger partial charge in [0, 0.05) is 55.1 Å². The van der Waals surface area contributed by atoms with Gasteiger partial charge in [-0.1, -0.05) is 18.7 Å². The van der Waals surface area contributed by atoms with Gasteiger partial charge in [0.05, 0.1) is 31.1 Å². The number of nitrogens with zero attached hydrogens (tertiary/aromatic N) is 4. The van der Waals surface area contributed by atoms with Crippen LogP contribution in [0.15, 0.2) is 79.1 Å². The van der Waals surface area contributed by atoms with Crippen LogP contribution in [0, 0.1) is 6.92 Å². The van der Waals surface area contributed by atoms with Crippen molar-refractivity contribution in [3.05, 3.63) is 95.8 Å². The molecule has 2 rings (SSSR count). The Balaban J connectivity index is 2.36. The SMILES string of the molecule is C=C/C(=C\C(=C/CC(F)(F)F)NC(=O)c1ccc(C)c(N(N)/C=C(\N)c2cncc(OC)c2)c1)N(C)CCN(C)C. The fourth-order valence-corrected chi connectivity index (χ4v) is 3.55.